The van der Waals surface area contributed by atoms with Crippen molar-refractivity contribution in [1.29, 1.82) is 0 Å². The van der Waals surface area contributed by atoms with Gasteiger partial charge in [0.2, 0.25) is 0 Å². The van der Waals surface area contributed by atoms with Crippen LogP contribution in [0.1, 0.15) is 12.8 Å². The number of aromatic nitrogens is 5. The second kappa shape index (κ2) is 11.7. The maximum Gasteiger partial charge on any atom is 0.199 e. The van der Waals surface area contributed by atoms with Gasteiger partial charge in [0.05, 0.1) is 32.8 Å². The Morgan fingerprint density at radius 2 is 1.19 bits per heavy atom. The Morgan fingerprint density at radius 1 is 0.625 bits per heavy atom. The van der Waals surface area contributed by atoms with Gasteiger partial charge >= 0.3 is 0 Å². The fourth-order valence-electron chi connectivity index (χ4n) is 7.51. The van der Waals surface area contributed by atoms with Gasteiger partial charge in [0.25, 0.3) is 0 Å². The molecule has 1 fully saturated rings. The molecule has 1 saturated heterocycles. The second-order valence-electron chi connectivity index (χ2n) is 12.8. The lowest BCUT2D eigenvalue weighted by molar-refractivity contribution is 0.132. The van der Waals surface area contributed by atoms with Crippen molar-refractivity contribution < 1.29 is 0 Å². The van der Waals surface area contributed by atoms with Crippen molar-refractivity contribution in [3.63, 3.8) is 0 Å². The van der Waals surface area contributed by atoms with E-state index in [2.05, 4.69) is 35.7 Å². The highest BCUT2D eigenvalue weighted by molar-refractivity contribution is 6.07. The lowest BCUT2D eigenvalue weighted by atomic mass is 10.1. The van der Waals surface area contributed by atoms with Crippen LogP contribution < -0.4 is 21.5 Å². The van der Waals surface area contributed by atoms with Crippen LogP contribution in [0.25, 0.3) is 54.6 Å². The first kappa shape index (κ1) is 28.8. The molecule has 0 spiro atoms. The van der Waals surface area contributed by atoms with E-state index >= 15 is 0 Å². The van der Waals surface area contributed by atoms with Crippen LogP contribution >= 0.6 is 0 Å². The summed E-state index contributed by atoms with van der Waals surface area (Å²) in [6, 6.07) is 23.2. The fourth-order valence-corrected chi connectivity index (χ4v) is 7.51. The summed E-state index contributed by atoms with van der Waals surface area (Å²) < 4.78 is 3.82. The summed E-state index contributed by atoms with van der Waals surface area (Å²) in [5.74, 6) is 0. The highest BCUT2D eigenvalue weighted by Crippen LogP contribution is 2.29. The zero-order valence-corrected chi connectivity index (χ0v) is 26.5. The molecular weight excluding hydrogens is 602 g/mol. The minimum atomic E-state index is 0.0159. The maximum atomic E-state index is 13.5. The predicted octanol–water partition coefficient (Wildman–Crippen LogP) is 4.51. The van der Waals surface area contributed by atoms with Crippen LogP contribution in [0.2, 0.25) is 0 Å². The summed E-state index contributed by atoms with van der Waals surface area (Å²) in [5.41, 5.74) is 6.69. The Morgan fingerprint density at radius 3 is 1.85 bits per heavy atom. The molecule has 11 heteroatoms. The van der Waals surface area contributed by atoms with E-state index in [4.69, 9.17) is 0 Å². The summed E-state index contributed by atoms with van der Waals surface area (Å²) in [5, 5.41) is 18.5. The average molecular weight is 638 g/mol. The van der Waals surface area contributed by atoms with Crippen LogP contribution in [0.15, 0.2) is 88.7 Å². The summed E-state index contributed by atoms with van der Waals surface area (Å²) in [4.78, 5) is 36.6. The topological polar surface area (TPSA) is 112 Å². The molecule has 4 aromatic carbocycles. The molecule has 0 radical (unpaired) electrons. The molecule has 0 saturated carbocycles. The smallest absolute Gasteiger partial charge is 0.199 e. The predicted molar refractivity (Wildman–Crippen MR) is 192 cm³/mol. The first-order valence-corrected chi connectivity index (χ1v) is 16.7. The van der Waals surface area contributed by atoms with E-state index in [0.717, 1.165) is 110 Å². The molecule has 0 amide bonds. The van der Waals surface area contributed by atoms with Gasteiger partial charge in [-0.2, -0.15) is 0 Å². The molecule has 5 heterocycles. The molecule has 1 aliphatic heterocycles. The molecule has 9 rings (SSSR count). The van der Waals surface area contributed by atoms with E-state index in [-0.39, 0.29) is 10.9 Å². The summed E-state index contributed by atoms with van der Waals surface area (Å²) in [6.07, 6.45) is 3.79. The lowest BCUT2D eigenvalue weighted by Crippen LogP contribution is -2.47. The number of hydrogen-bond donors (Lipinski definition) is 2. The number of hydrogen-bond acceptors (Lipinski definition) is 9. The first-order chi connectivity index (χ1) is 23.7. The van der Waals surface area contributed by atoms with Gasteiger partial charge < -0.3 is 20.4 Å². The quantitative estimate of drug-likeness (QED) is 0.165. The van der Waals surface area contributed by atoms with Gasteiger partial charge in [0, 0.05) is 61.4 Å². The number of nitrogens with one attached hydrogen (secondary N) is 2. The minimum Gasteiger partial charge on any atom is -0.384 e. The molecule has 1 aliphatic rings. The van der Waals surface area contributed by atoms with Gasteiger partial charge in [-0.05, 0) is 74.5 Å². The van der Waals surface area contributed by atoms with Crippen molar-refractivity contribution in [2.45, 2.75) is 12.8 Å². The fraction of sp³-hybridized carbons (Fsp3) is 0.270. The largest absolute Gasteiger partial charge is 0.384 e. The average Bonchev–Trinajstić information content (AvgIpc) is 3.76. The maximum absolute atomic E-state index is 13.5. The SMILES string of the molecule is O=c1c2ccccc2n2cnc3ccc(NCCCN4CCN(CCCNc5ccc6nnn7c8ccccc8c(=O)c5c67)CC4)c1c32. The number of piperazine rings is 1. The van der Waals surface area contributed by atoms with Crippen LogP contribution in [-0.2, 0) is 0 Å². The van der Waals surface area contributed by atoms with Crippen LogP contribution in [0.3, 0.4) is 0 Å². The van der Waals surface area contributed by atoms with Crippen LogP contribution in [0.4, 0.5) is 11.4 Å². The van der Waals surface area contributed by atoms with Gasteiger partial charge in [0.15, 0.2) is 10.9 Å². The van der Waals surface area contributed by atoms with Crippen molar-refractivity contribution in [3.05, 3.63) is 99.6 Å². The van der Waals surface area contributed by atoms with Crippen LogP contribution in [-0.4, -0.2) is 86.4 Å². The zero-order valence-electron chi connectivity index (χ0n) is 26.5. The monoisotopic (exact) mass is 637 g/mol. The molecule has 0 unspecified atom stereocenters. The van der Waals surface area contributed by atoms with Crippen LogP contribution in [0, 0.1) is 0 Å². The minimum absolute atomic E-state index is 0.0159. The second-order valence-corrected chi connectivity index (χ2v) is 12.8. The number of rotatable bonds is 10. The first-order valence-electron chi connectivity index (χ1n) is 16.7. The Balaban J connectivity index is 0.772. The van der Waals surface area contributed by atoms with Crippen molar-refractivity contribution in [2.75, 3.05) is 63.0 Å². The highest BCUT2D eigenvalue weighted by Gasteiger charge is 2.20. The van der Waals surface area contributed by atoms with Gasteiger partial charge in [-0.1, -0.05) is 29.5 Å². The van der Waals surface area contributed by atoms with E-state index in [1.54, 1.807) is 4.52 Å². The van der Waals surface area contributed by atoms with Crippen LogP contribution in [0.5, 0.6) is 0 Å². The van der Waals surface area contributed by atoms with E-state index in [9.17, 15) is 9.59 Å². The number of para-hydroxylation sites is 2. The van der Waals surface area contributed by atoms with Crippen molar-refractivity contribution in [2.24, 2.45) is 0 Å². The van der Waals surface area contributed by atoms with E-state index in [1.165, 1.54) is 0 Å². The molecule has 11 nitrogen and oxygen atoms in total. The number of benzene rings is 4. The molecule has 0 aliphatic carbocycles. The highest BCUT2D eigenvalue weighted by atomic mass is 16.1. The summed E-state index contributed by atoms with van der Waals surface area (Å²) in [7, 11) is 0. The third kappa shape index (κ3) is 4.69. The van der Waals surface area contributed by atoms with E-state index in [0.29, 0.717) is 21.5 Å². The third-order valence-electron chi connectivity index (χ3n) is 9.96. The van der Waals surface area contributed by atoms with Crippen molar-refractivity contribution in [3.8, 4) is 0 Å². The standard InChI is InChI=1S/C37H35N9O2/c47-36-24-7-1-3-9-30(24)45-23-40-28-13-11-26(32(36)34(28)45)38-15-5-17-43-19-21-44(22-20-43)18-6-16-39-27-12-14-29-35-33(27)37(48)25-8-2-4-10-31(25)46(35)42-41-29/h1-4,7-14,23,38-39H,5-6,15-22H2. The van der Waals surface area contributed by atoms with Gasteiger partial charge in [-0.25, -0.2) is 9.50 Å². The van der Waals surface area contributed by atoms with E-state index in [1.807, 2.05) is 83.5 Å². The Kier molecular flexibility index (Phi) is 7.02. The molecule has 4 aromatic heterocycles. The number of fused-ring (bicyclic) bond motifs is 4. The van der Waals surface area contributed by atoms with Gasteiger partial charge in [0.1, 0.15) is 17.4 Å². The number of pyridine rings is 2. The molecule has 240 valence electrons. The lowest BCUT2D eigenvalue weighted by Gasteiger charge is -2.34. The van der Waals surface area contributed by atoms with Crippen molar-refractivity contribution in [1.82, 2.24) is 34.0 Å². The molecule has 0 atom stereocenters. The van der Waals surface area contributed by atoms with Crippen molar-refractivity contribution >= 4 is 66.0 Å². The number of anilines is 2. The molecule has 48 heavy (non-hydrogen) atoms. The van der Waals surface area contributed by atoms with E-state index < -0.39 is 0 Å². The number of imidazole rings is 1. The Labute approximate surface area is 275 Å². The normalized spacial score (nSPS) is 14.8. The third-order valence-corrected chi connectivity index (χ3v) is 9.96. The Hall–Kier alpha value is -5.39. The number of nitrogens with zero attached hydrogens (tertiary/aromatic N) is 7. The molecule has 0 bridgehead atoms. The molecule has 2 N–H and O–H groups in total. The molecular formula is C37H35N9O2. The molecule has 8 aromatic rings. The Bertz CT molecular complexity index is 2370. The summed E-state index contributed by atoms with van der Waals surface area (Å²) in [6.45, 7) is 7.79. The summed E-state index contributed by atoms with van der Waals surface area (Å²) >= 11 is 0. The zero-order chi connectivity index (χ0) is 32.2. The van der Waals surface area contributed by atoms with Gasteiger partial charge in [-0.3, -0.25) is 14.0 Å². The van der Waals surface area contributed by atoms with Gasteiger partial charge in [-0.15, -0.1) is 5.10 Å².